The predicted molar refractivity (Wildman–Crippen MR) is 100 cm³/mol. The Labute approximate surface area is 146 Å². The third-order valence-electron chi connectivity index (χ3n) is 3.63. The molecule has 1 atom stereocenters. The summed E-state index contributed by atoms with van der Waals surface area (Å²) in [5, 5.41) is 8.29. The molecule has 2 aromatic rings. The van der Waals surface area contributed by atoms with Gasteiger partial charge in [0.2, 0.25) is 0 Å². The predicted octanol–water partition coefficient (Wildman–Crippen LogP) is 5.66. The zero-order chi connectivity index (χ0) is 16.3. The van der Waals surface area contributed by atoms with Crippen molar-refractivity contribution < 1.29 is 0 Å². The van der Waals surface area contributed by atoms with Gasteiger partial charge in [-0.05, 0) is 67.9 Å². The van der Waals surface area contributed by atoms with Gasteiger partial charge in [0.15, 0.2) is 5.11 Å². The SMILES string of the molecule is Cc1cccc(NC(=S)N[C@H](C)c2ccc(Cl)cc2Cl)c1C. The van der Waals surface area contributed by atoms with E-state index in [1.54, 1.807) is 6.07 Å². The van der Waals surface area contributed by atoms with E-state index in [1.807, 2.05) is 31.2 Å². The van der Waals surface area contributed by atoms with Crippen LogP contribution in [0.4, 0.5) is 5.69 Å². The molecule has 0 aromatic heterocycles. The van der Waals surface area contributed by atoms with E-state index in [2.05, 4.69) is 30.5 Å². The number of thiocarbonyl (C=S) groups is 1. The Bertz CT molecular complexity index is 701. The molecule has 0 amide bonds. The maximum atomic E-state index is 6.23. The van der Waals surface area contributed by atoms with E-state index in [9.17, 15) is 0 Å². The minimum Gasteiger partial charge on any atom is -0.356 e. The van der Waals surface area contributed by atoms with E-state index in [-0.39, 0.29) is 6.04 Å². The molecule has 0 radical (unpaired) electrons. The van der Waals surface area contributed by atoms with Crippen LogP contribution in [0.5, 0.6) is 0 Å². The molecule has 0 aliphatic carbocycles. The highest BCUT2D eigenvalue weighted by atomic mass is 35.5. The monoisotopic (exact) mass is 352 g/mol. The van der Waals surface area contributed by atoms with Crippen LogP contribution in [0.2, 0.25) is 10.0 Å². The summed E-state index contributed by atoms with van der Waals surface area (Å²) < 4.78 is 0. The van der Waals surface area contributed by atoms with Crippen LogP contribution in [-0.4, -0.2) is 5.11 Å². The smallest absolute Gasteiger partial charge is 0.171 e. The second-order valence-electron chi connectivity index (χ2n) is 5.23. The molecule has 0 fully saturated rings. The highest BCUT2D eigenvalue weighted by Gasteiger charge is 2.12. The minimum absolute atomic E-state index is 0.0186. The molecular formula is C17H18Cl2N2S. The fraction of sp³-hybridized carbons (Fsp3) is 0.235. The number of halogens is 2. The second kappa shape index (κ2) is 7.32. The van der Waals surface area contributed by atoms with Gasteiger partial charge in [0.1, 0.15) is 0 Å². The molecule has 0 saturated carbocycles. The van der Waals surface area contributed by atoms with Crippen LogP contribution in [-0.2, 0) is 0 Å². The number of benzene rings is 2. The Kier molecular flexibility index (Phi) is 5.68. The van der Waals surface area contributed by atoms with Crippen LogP contribution in [0.3, 0.4) is 0 Å². The van der Waals surface area contributed by atoms with E-state index in [1.165, 1.54) is 11.1 Å². The molecule has 2 aromatic carbocycles. The van der Waals surface area contributed by atoms with Gasteiger partial charge < -0.3 is 10.6 Å². The second-order valence-corrected chi connectivity index (χ2v) is 6.49. The molecule has 0 spiro atoms. The Hall–Kier alpha value is -1.29. The van der Waals surface area contributed by atoms with Gasteiger partial charge in [0.25, 0.3) is 0 Å². The Morgan fingerprint density at radius 2 is 1.86 bits per heavy atom. The summed E-state index contributed by atoms with van der Waals surface area (Å²) in [6, 6.07) is 11.5. The van der Waals surface area contributed by atoms with E-state index in [0.717, 1.165) is 11.3 Å². The van der Waals surface area contributed by atoms with E-state index in [0.29, 0.717) is 15.2 Å². The summed E-state index contributed by atoms with van der Waals surface area (Å²) in [6.07, 6.45) is 0. The molecule has 116 valence electrons. The summed E-state index contributed by atoms with van der Waals surface area (Å²) >= 11 is 17.5. The van der Waals surface area contributed by atoms with Crippen LogP contribution >= 0.6 is 35.4 Å². The molecule has 0 unspecified atom stereocenters. The van der Waals surface area contributed by atoms with Crippen molar-refractivity contribution in [3.63, 3.8) is 0 Å². The van der Waals surface area contributed by atoms with Gasteiger partial charge in [-0.15, -0.1) is 0 Å². The Balaban J connectivity index is 2.07. The fourth-order valence-corrected chi connectivity index (χ4v) is 3.03. The number of rotatable bonds is 3. The summed E-state index contributed by atoms with van der Waals surface area (Å²) in [6.45, 7) is 6.15. The first-order valence-electron chi connectivity index (χ1n) is 6.97. The van der Waals surface area contributed by atoms with Gasteiger partial charge in [0.05, 0.1) is 6.04 Å². The van der Waals surface area contributed by atoms with Crippen molar-refractivity contribution in [3.8, 4) is 0 Å². The number of hydrogen-bond acceptors (Lipinski definition) is 1. The maximum Gasteiger partial charge on any atom is 0.171 e. The standard InChI is InChI=1S/C17H18Cl2N2S/c1-10-5-4-6-16(11(10)2)21-17(22)20-12(3)14-8-7-13(18)9-15(14)19/h4-9,12H,1-3H3,(H2,20,21,22)/t12-/m1/s1. The zero-order valence-electron chi connectivity index (χ0n) is 12.7. The molecule has 0 saturated heterocycles. The largest absolute Gasteiger partial charge is 0.356 e. The third-order valence-corrected chi connectivity index (χ3v) is 4.41. The topological polar surface area (TPSA) is 24.1 Å². The molecular weight excluding hydrogens is 335 g/mol. The summed E-state index contributed by atoms with van der Waals surface area (Å²) in [7, 11) is 0. The quantitative estimate of drug-likeness (QED) is 0.697. The fourth-order valence-electron chi connectivity index (χ4n) is 2.17. The van der Waals surface area contributed by atoms with Gasteiger partial charge in [-0.25, -0.2) is 0 Å². The van der Waals surface area contributed by atoms with E-state index in [4.69, 9.17) is 35.4 Å². The molecule has 0 heterocycles. The van der Waals surface area contributed by atoms with Crippen molar-refractivity contribution in [1.82, 2.24) is 5.32 Å². The van der Waals surface area contributed by atoms with Gasteiger partial charge in [-0.1, -0.05) is 41.4 Å². The molecule has 2 nitrogen and oxygen atoms in total. The normalized spacial score (nSPS) is 11.9. The first kappa shape index (κ1) is 17.1. The average molecular weight is 353 g/mol. The van der Waals surface area contributed by atoms with Crippen molar-refractivity contribution in [2.24, 2.45) is 0 Å². The molecule has 2 rings (SSSR count). The van der Waals surface area contributed by atoms with Crippen molar-refractivity contribution >= 4 is 46.2 Å². The first-order chi connectivity index (χ1) is 10.4. The highest BCUT2D eigenvalue weighted by molar-refractivity contribution is 7.80. The van der Waals surface area contributed by atoms with Crippen LogP contribution in [0.1, 0.15) is 29.7 Å². The molecule has 0 aliphatic rings. The number of aryl methyl sites for hydroxylation is 1. The van der Waals surface area contributed by atoms with E-state index >= 15 is 0 Å². The number of hydrogen-bond donors (Lipinski definition) is 2. The molecule has 2 N–H and O–H groups in total. The highest BCUT2D eigenvalue weighted by Crippen LogP contribution is 2.26. The zero-order valence-corrected chi connectivity index (χ0v) is 15.0. The summed E-state index contributed by atoms with van der Waals surface area (Å²) in [5.74, 6) is 0. The summed E-state index contributed by atoms with van der Waals surface area (Å²) in [5.41, 5.74) is 4.37. The minimum atomic E-state index is -0.0186. The number of anilines is 1. The summed E-state index contributed by atoms with van der Waals surface area (Å²) in [4.78, 5) is 0. The lowest BCUT2D eigenvalue weighted by Crippen LogP contribution is -2.31. The van der Waals surface area contributed by atoms with Gasteiger partial charge in [-0.2, -0.15) is 0 Å². The molecule has 0 bridgehead atoms. The van der Waals surface area contributed by atoms with Crippen LogP contribution in [0.15, 0.2) is 36.4 Å². The van der Waals surface area contributed by atoms with Crippen molar-refractivity contribution in [3.05, 3.63) is 63.1 Å². The van der Waals surface area contributed by atoms with E-state index < -0.39 is 0 Å². The van der Waals surface area contributed by atoms with Gasteiger partial charge in [0, 0.05) is 15.7 Å². The first-order valence-corrected chi connectivity index (χ1v) is 8.13. The van der Waals surface area contributed by atoms with Crippen LogP contribution in [0, 0.1) is 13.8 Å². The van der Waals surface area contributed by atoms with Crippen LogP contribution in [0.25, 0.3) is 0 Å². The molecule has 22 heavy (non-hydrogen) atoms. The molecule has 0 aliphatic heterocycles. The maximum absolute atomic E-state index is 6.23. The lowest BCUT2D eigenvalue weighted by Gasteiger charge is -2.19. The number of nitrogens with one attached hydrogen (secondary N) is 2. The molecule has 5 heteroatoms. The van der Waals surface area contributed by atoms with Crippen molar-refractivity contribution in [2.75, 3.05) is 5.32 Å². The van der Waals surface area contributed by atoms with Crippen LogP contribution < -0.4 is 10.6 Å². The lowest BCUT2D eigenvalue weighted by atomic mass is 10.1. The third kappa shape index (κ3) is 4.13. The average Bonchev–Trinajstić information content (AvgIpc) is 2.43. The van der Waals surface area contributed by atoms with Gasteiger partial charge in [-0.3, -0.25) is 0 Å². The van der Waals surface area contributed by atoms with Crippen molar-refractivity contribution in [1.29, 1.82) is 0 Å². The van der Waals surface area contributed by atoms with Gasteiger partial charge >= 0.3 is 0 Å². The lowest BCUT2D eigenvalue weighted by molar-refractivity contribution is 0.723. The Morgan fingerprint density at radius 3 is 2.55 bits per heavy atom. The van der Waals surface area contributed by atoms with Crippen molar-refractivity contribution in [2.45, 2.75) is 26.8 Å². The Morgan fingerprint density at radius 1 is 1.14 bits per heavy atom.